The summed E-state index contributed by atoms with van der Waals surface area (Å²) in [7, 11) is 0. The van der Waals surface area contributed by atoms with E-state index in [-0.39, 0.29) is 12.4 Å². The van der Waals surface area contributed by atoms with Crippen LogP contribution in [0.1, 0.15) is 29.9 Å². The molecule has 2 N–H and O–H groups in total. The predicted octanol–water partition coefficient (Wildman–Crippen LogP) is 5.27. The van der Waals surface area contributed by atoms with Gasteiger partial charge in [0.1, 0.15) is 0 Å². The van der Waals surface area contributed by atoms with Crippen molar-refractivity contribution in [1.29, 1.82) is 0 Å². The van der Waals surface area contributed by atoms with E-state index in [0.717, 1.165) is 10.9 Å². The Bertz CT molecular complexity index is 1160. The van der Waals surface area contributed by atoms with E-state index in [1.165, 1.54) is 6.08 Å². The molecule has 0 aliphatic rings. The molecule has 0 aliphatic heterocycles. The fraction of sp³-hybridized carbons (Fsp3) is 0.167. The maximum Gasteiger partial charge on any atom is 0.411 e. The number of pyridine rings is 1. The van der Waals surface area contributed by atoms with E-state index in [1.54, 1.807) is 68.5 Å². The molecule has 1 heterocycles. The van der Waals surface area contributed by atoms with Gasteiger partial charge in [0.15, 0.2) is 5.78 Å². The first-order valence-corrected chi connectivity index (χ1v) is 10.1. The van der Waals surface area contributed by atoms with Crippen LogP contribution >= 0.6 is 0 Å². The Balaban J connectivity index is 1.66. The highest BCUT2D eigenvalue weighted by Crippen LogP contribution is 2.19. The topological polar surface area (TPSA) is 107 Å². The van der Waals surface area contributed by atoms with E-state index in [1.807, 2.05) is 6.07 Å². The van der Waals surface area contributed by atoms with Crippen LogP contribution in [0.25, 0.3) is 17.0 Å². The molecule has 0 spiro atoms. The number of rotatable bonds is 7. The van der Waals surface area contributed by atoms with Crippen molar-refractivity contribution in [2.24, 2.45) is 0 Å². The van der Waals surface area contributed by atoms with Crippen molar-refractivity contribution >= 4 is 46.3 Å². The number of benzene rings is 2. The molecular formula is C24H23N3O5. The van der Waals surface area contributed by atoms with Crippen molar-refractivity contribution < 1.29 is 23.9 Å². The normalized spacial score (nSPS) is 10.7. The maximum absolute atomic E-state index is 12.4. The summed E-state index contributed by atoms with van der Waals surface area (Å²) >= 11 is 0. The Morgan fingerprint density at radius 2 is 1.47 bits per heavy atom. The van der Waals surface area contributed by atoms with Crippen molar-refractivity contribution in [2.75, 3.05) is 23.8 Å². The van der Waals surface area contributed by atoms with Crippen molar-refractivity contribution in [3.8, 4) is 0 Å². The van der Waals surface area contributed by atoms with E-state index in [9.17, 15) is 14.4 Å². The quantitative estimate of drug-likeness (QED) is 0.388. The van der Waals surface area contributed by atoms with Crippen molar-refractivity contribution in [1.82, 2.24) is 4.98 Å². The number of aromatic nitrogens is 1. The second kappa shape index (κ2) is 10.7. The van der Waals surface area contributed by atoms with Gasteiger partial charge in [0, 0.05) is 22.3 Å². The number of nitrogens with one attached hydrogen (secondary N) is 2. The van der Waals surface area contributed by atoms with Gasteiger partial charge in [0.05, 0.1) is 24.4 Å². The van der Waals surface area contributed by atoms with E-state index < -0.39 is 12.2 Å². The number of allylic oxidation sites excluding steroid dienone is 1. The number of hydrogen-bond acceptors (Lipinski definition) is 6. The van der Waals surface area contributed by atoms with Gasteiger partial charge < -0.3 is 9.47 Å². The number of carbonyl (C=O) groups is 3. The number of ether oxygens (including phenoxy) is 2. The number of hydrogen-bond donors (Lipinski definition) is 2. The molecule has 8 nitrogen and oxygen atoms in total. The second-order valence-corrected chi connectivity index (χ2v) is 6.61. The molecular weight excluding hydrogens is 410 g/mol. The summed E-state index contributed by atoms with van der Waals surface area (Å²) in [5, 5.41) is 6.06. The molecule has 0 saturated carbocycles. The summed E-state index contributed by atoms with van der Waals surface area (Å²) in [5.41, 5.74) is 2.97. The lowest BCUT2D eigenvalue weighted by molar-refractivity contribution is 0.104. The van der Waals surface area contributed by atoms with Crippen LogP contribution in [-0.2, 0) is 9.47 Å². The molecule has 0 fully saturated rings. The highest BCUT2D eigenvalue weighted by atomic mass is 16.6. The molecule has 0 aliphatic carbocycles. The monoisotopic (exact) mass is 433 g/mol. The van der Waals surface area contributed by atoms with E-state index in [4.69, 9.17) is 9.47 Å². The summed E-state index contributed by atoms with van der Waals surface area (Å²) in [6.45, 7) is 4.03. The Hall–Kier alpha value is -4.20. The Morgan fingerprint density at radius 1 is 0.844 bits per heavy atom. The predicted molar refractivity (Wildman–Crippen MR) is 123 cm³/mol. The minimum Gasteiger partial charge on any atom is -0.450 e. The molecule has 3 aromatic rings. The third-order valence-electron chi connectivity index (χ3n) is 4.33. The van der Waals surface area contributed by atoms with Crippen LogP contribution in [0.15, 0.2) is 60.7 Å². The van der Waals surface area contributed by atoms with Gasteiger partial charge in [-0.25, -0.2) is 14.6 Å². The summed E-state index contributed by atoms with van der Waals surface area (Å²) in [5.74, 6) is -0.191. The van der Waals surface area contributed by atoms with Crippen molar-refractivity contribution in [3.05, 3.63) is 71.9 Å². The summed E-state index contributed by atoms with van der Waals surface area (Å²) in [6, 6.07) is 15.5. The average Bonchev–Trinajstić information content (AvgIpc) is 2.78. The zero-order valence-corrected chi connectivity index (χ0v) is 17.8. The molecule has 164 valence electrons. The summed E-state index contributed by atoms with van der Waals surface area (Å²) in [4.78, 5) is 39.9. The third-order valence-corrected chi connectivity index (χ3v) is 4.33. The molecule has 3 rings (SSSR count). The van der Waals surface area contributed by atoms with Crippen LogP contribution in [0, 0.1) is 0 Å². The maximum atomic E-state index is 12.4. The van der Waals surface area contributed by atoms with Gasteiger partial charge in [-0.3, -0.25) is 15.4 Å². The van der Waals surface area contributed by atoms with Crippen molar-refractivity contribution in [3.63, 3.8) is 0 Å². The van der Waals surface area contributed by atoms with Crippen LogP contribution in [0.5, 0.6) is 0 Å². The third kappa shape index (κ3) is 6.15. The minimum atomic E-state index is -0.544. The highest BCUT2D eigenvalue weighted by molar-refractivity contribution is 6.07. The second-order valence-electron chi connectivity index (χ2n) is 6.61. The Labute approximate surface area is 185 Å². The highest BCUT2D eigenvalue weighted by Gasteiger charge is 2.06. The van der Waals surface area contributed by atoms with Crippen LogP contribution in [0.2, 0.25) is 0 Å². The number of ketones is 1. The summed E-state index contributed by atoms with van der Waals surface area (Å²) < 4.78 is 9.69. The van der Waals surface area contributed by atoms with Gasteiger partial charge in [-0.15, -0.1) is 0 Å². The van der Waals surface area contributed by atoms with Gasteiger partial charge in [0.2, 0.25) is 0 Å². The van der Waals surface area contributed by atoms with Gasteiger partial charge in [0.25, 0.3) is 0 Å². The number of amides is 2. The first kappa shape index (κ1) is 22.5. The molecule has 0 radical (unpaired) electrons. The molecule has 0 saturated heterocycles. The van der Waals surface area contributed by atoms with Gasteiger partial charge >= 0.3 is 12.2 Å². The minimum absolute atomic E-state index is 0.191. The molecule has 0 bridgehead atoms. The molecule has 8 heteroatoms. The number of nitrogens with zero attached hydrogens (tertiary/aromatic N) is 1. The lowest BCUT2D eigenvalue weighted by atomic mass is 10.1. The molecule has 0 atom stereocenters. The number of fused-ring (bicyclic) bond motifs is 1. The number of carbonyl (C=O) groups excluding carboxylic acids is 3. The molecule has 2 amide bonds. The fourth-order valence-corrected chi connectivity index (χ4v) is 2.86. The molecule has 0 unspecified atom stereocenters. The van der Waals surface area contributed by atoms with Gasteiger partial charge in [-0.1, -0.05) is 6.07 Å². The van der Waals surface area contributed by atoms with E-state index in [0.29, 0.717) is 29.2 Å². The zero-order valence-electron chi connectivity index (χ0n) is 17.8. The van der Waals surface area contributed by atoms with Crippen LogP contribution in [-0.4, -0.2) is 36.2 Å². The van der Waals surface area contributed by atoms with Crippen molar-refractivity contribution in [2.45, 2.75) is 13.8 Å². The van der Waals surface area contributed by atoms with Crippen LogP contribution < -0.4 is 10.6 Å². The number of anilines is 2. The summed E-state index contributed by atoms with van der Waals surface area (Å²) in [6.07, 6.45) is 2.02. The Morgan fingerprint density at radius 3 is 2.12 bits per heavy atom. The fourth-order valence-electron chi connectivity index (χ4n) is 2.86. The average molecular weight is 433 g/mol. The first-order valence-electron chi connectivity index (χ1n) is 10.1. The smallest absolute Gasteiger partial charge is 0.411 e. The standard InChI is InChI=1S/C24H23N3O5/c1-3-31-23(29)26-19-8-5-16(6-9-19)22(28)14-12-18-10-7-17-15-20(11-13-21(17)25-18)27-24(30)32-4-2/h5-15H,3-4H2,1-2H3,(H,26,29)(H,27,30). The lowest BCUT2D eigenvalue weighted by Crippen LogP contribution is -2.13. The van der Waals surface area contributed by atoms with Crippen LogP contribution in [0.3, 0.4) is 0 Å². The molecule has 32 heavy (non-hydrogen) atoms. The molecule has 1 aromatic heterocycles. The Kier molecular flexibility index (Phi) is 7.53. The largest absolute Gasteiger partial charge is 0.450 e. The lowest BCUT2D eigenvalue weighted by Gasteiger charge is -2.06. The zero-order chi connectivity index (χ0) is 22.9. The van der Waals surface area contributed by atoms with E-state index in [2.05, 4.69) is 15.6 Å². The first-order chi connectivity index (χ1) is 15.5. The van der Waals surface area contributed by atoms with E-state index >= 15 is 0 Å². The molecule has 2 aromatic carbocycles. The van der Waals surface area contributed by atoms with Gasteiger partial charge in [-0.05, 0) is 74.5 Å². The van der Waals surface area contributed by atoms with Gasteiger partial charge in [-0.2, -0.15) is 0 Å². The van der Waals surface area contributed by atoms with Crippen LogP contribution in [0.4, 0.5) is 21.0 Å². The SMILES string of the molecule is CCOC(=O)Nc1ccc(C(=O)C=Cc2ccc3cc(NC(=O)OCC)ccc3n2)cc1.